The Morgan fingerprint density at radius 2 is 1.66 bits per heavy atom. The molecule has 266 valence electrons. The lowest BCUT2D eigenvalue weighted by Gasteiger charge is -2.31. The first-order chi connectivity index (χ1) is 23.9. The fraction of sp³-hybridized carbons (Fsp3) is 0.444. The number of halogens is 3. The Labute approximate surface area is 285 Å². The highest BCUT2D eigenvalue weighted by atomic mass is 19.4. The third-order valence-electron chi connectivity index (χ3n) is 8.94. The molecule has 6 rings (SSSR count). The first-order valence-electron chi connectivity index (χ1n) is 16.5. The molecule has 0 unspecified atom stereocenters. The Balaban J connectivity index is 1.13. The molecule has 14 heteroatoms. The van der Waals surface area contributed by atoms with Crippen LogP contribution in [-0.4, -0.2) is 78.9 Å². The van der Waals surface area contributed by atoms with E-state index in [-0.39, 0.29) is 55.3 Å². The summed E-state index contributed by atoms with van der Waals surface area (Å²) in [4.78, 5) is 50.8. The van der Waals surface area contributed by atoms with Crippen LogP contribution in [0.2, 0.25) is 0 Å². The second-order valence-corrected chi connectivity index (χ2v) is 12.8. The number of ether oxygens (including phenoxy) is 4. The first kappa shape index (κ1) is 35.3. The zero-order chi connectivity index (χ0) is 35.5. The van der Waals surface area contributed by atoms with Gasteiger partial charge in [-0.3, -0.25) is 9.59 Å². The second-order valence-electron chi connectivity index (χ2n) is 12.8. The van der Waals surface area contributed by atoms with E-state index in [1.54, 1.807) is 30.3 Å². The van der Waals surface area contributed by atoms with Crippen LogP contribution in [0.4, 0.5) is 13.2 Å². The van der Waals surface area contributed by atoms with Crippen LogP contribution < -0.4 is 10.6 Å². The van der Waals surface area contributed by atoms with Gasteiger partial charge in [0.25, 0.3) is 5.91 Å². The largest absolute Gasteiger partial charge is 0.456 e. The summed E-state index contributed by atoms with van der Waals surface area (Å²) in [5.41, 5.74) is 2.05. The van der Waals surface area contributed by atoms with Crippen LogP contribution in [0, 0.1) is 11.8 Å². The molecule has 1 saturated heterocycles. The van der Waals surface area contributed by atoms with Crippen molar-refractivity contribution in [3.05, 3.63) is 88.5 Å². The van der Waals surface area contributed by atoms with Crippen LogP contribution in [-0.2, 0) is 35.1 Å². The molecule has 11 nitrogen and oxygen atoms in total. The molecule has 0 bridgehead atoms. The number of esters is 2. The number of rotatable bonds is 13. The maximum absolute atomic E-state index is 13.5. The molecule has 3 N–H and O–H groups in total. The summed E-state index contributed by atoms with van der Waals surface area (Å²) in [7, 11) is 0. The third-order valence-corrected chi connectivity index (χ3v) is 8.94. The number of alkyl halides is 3. The quantitative estimate of drug-likeness (QED) is 0.209. The number of aliphatic hydroxyl groups is 1. The number of hydrogen-bond acceptors (Lipinski definition) is 9. The van der Waals surface area contributed by atoms with Crippen LogP contribution in [0.1, 0.15) is 63.9 Å². The Kier molecular flexibility index (Phi) is 10.4. The number of benzene rings is 2. The highest BCUT2D eigenvalue weighted by Crippen LogP contribution is 2.59. The van der Waals surface area contributed by atoms with Crippen molar-refractivity contribution in [1.82, 2.24) is 10.6 Å². The molecule has 3 fully saturated rings. The molecule has 3 aliphatic carbocycles. The van der Waals surface area contributed by atoms with Gasteiger partial charge in [0.1, 0.15) is 18.3 Å². The first-order valence-corrected chi connectivity index (χ1v) is 16.5. The van der Waals surface area contributed by atoms with Crippen LogP contribution in [0.25, 0.3) is 6.08 Å². The molecular weight excluding hydrogens is 661 g/mol. The van der Waals surface area contributed by atoms with Crippen molar-refractivity contribution in [3.8, 4) is 0 Å². The van der Waals surface area contributed by atoms with Gasteiger partial charge in [-0.25, -0.2) is 9.59 Å². The zero-order valence-electron chi connectivity index (χ0n) is 26.9. The monoisotopic (exact) mass is 698 g/mol. The number of carbonyl (C=O) groups is 4. The van der Waals surface area contributed by atoms with Crippen molar-refractivity contribution in [1.29, 1.82) is 0 Å². The number of nitrogens with one attached hydrogen (secondary N) is 2. The minimum Gasteiger partial charge on any atom is -0.456 e. The Bertz CT molecular complexity index is 1650. The van der Waals surface area contributed by atoms with E-state index in [0.29, 0.717) is 22.3 Å². The van der Waals surface area contributed by atoms with E-state index < -0.39 is 48.8 Å². The highest BCUT2D eigenvalue weighted by Gasteiger charge is 2.64. The Hall–Kier alpha value is -4.53. The van der Waals surface area contributed by atoms with Crippen molar-refractivity contribution in [3.63, 3.8) is 0 Å². The lowest BCUT2D eigenvalue weighted by Crippen LogP contribution is -2.44. The highest BCUT2D eigenvalue weighted by molar-refractivity contribution is 5.95. The molecule has 2 amide bonds. The van der Waals surface area contributed by atoms with Crippen LogP contribution in [0.3, 0.4) is 0 Å². The van der Waals surface area contributed by atoms with Crippen molar-refractivity contribution in [2.24, 2.45) is 11.8 Å². The van der Waals surface area contributed by atoms with E-state index in [4.69, 9.17) is 19.3 Å². The van der Waals surface area contributed by atoms with Gasteiger partial charge in [0.2, 0.25) is 5.91 Å². The molecule has 50 heavy (non-hydrogen) atoms. The number of carbonyl (C=O) groups excluding carboxylic acids is 4. The standard InChI is InChI=1S/C36H37F3N2O9/c37-35(38,39)20-47-30(43)13-6-21-4-7-23(8-5-21)34(46)48-28-17-25(18-29-31(28)50-36(49-29,26-9-10-26)27-11-12-27)33(45)41-19-22-2-1-3-24(16-22)32(44)40-14-15-42/h1-8,13,16,18,26-29,31,42H,9-12,14-15,17,19-20H2,(H,40,44)(H,41,45)/t28-,29-,31+/m1/s1. The fourth-order valence-electron chi connectivity index (χ4n) is 6.26. The van der Waals surface area contributed by atoms with Gasteiger partial charge in [-0.05, 0) is 73.2 Å². The van der Waals surface area contributed by atoms with E-state index in [1.807, 2.05) is 0 Å². The number of aliphatic hydroxyl groups excluding tert-OH is 1. The Morgan fingerprint density at radius 1 is 0.940 bits per heavy atom. The van der Waals surface area contributed by atoms with Gasteiger partial charge in [0.05, 0.1) is 12.2 Å². The summed E-state index contributed by atoms with van der Waals surface area (Å²) in [6.07, 6.45) is 1.07. The van der Waals surface area contributed by atoms with E-state index in [1.165, 1.54) is 30.3 Å². The average Bonchev–Trinajstić information content (AvgIpc) is 4.05. The van der Waals surface area contributed by atoms with Crippen molar-refractivity contribution in [2.75, 3.05) is 19.8 Å². The molecule has 1 heterocycles. The SMILES string of the molecule is O=C(C=Cc1ccc(C(=O)O[C@@H]2CC(C(=O)NCc3cccc(C(=O)NCCO)c3)=C[C@H]3OC(C4CC4)(C4CC4)O[C@H]32)cc1)OCC(F)(F)F. The molecule has 0 radical (unpaired) electrons. The number of hydrogen-bond donors (Lipinski definition) is 3. The molecule has 4 aliphatic rings. The van der Waals surface area contributed by atoms with Gasteiger partial charge in [-0.15, -0.1) is 0 Å². The number of fused-ring (bicyclic) bond motifs is 1. The maximum atomic E-state index is 13.5. The summed E-state index contributed by atoms with van der Waals surface area (Å²) in [5.74, 6) is -2.88. The van der Waals surface area contributed by atoms with Gasteiger partial charge >= 0.3 is 18.1 Å². The summed E-state index contributed by atoms with van der Waals surface area (Å²) in [6, 6.07) is 12.7. The average molecular weight is 699 g/mol. The van der Waals surface area contributed by atoms with Crippen LogP contribution in [0.5, 0.6) is 0 Å². The molecule has 2 aromatic carbocycles. The van der Waals surface area contributed by atoms with E-state index in [9.17, 15) is 32.3 Å². The predicted octanol–water partition coefficient (Wildman–Crippen LogP) is 4.00. The Morgan fingerprint density at radius 3 is 2.32 bits per heavy atom. The number of amides is 2. The summed E-state index contributed by atoms with van der Waals surface area (Å²) in [5, 5.41) is 14.5. The van der Waals surface area contributed by atoms with E-state index in [2.05, 4.69) is 15.4 Å². The van der Waals surface area contributed by atoms with Crippen LogP contribution in [0.15, 0.2) is 66.3 Å². The van der Waals surface area contributed by atoms with E-state index in [0.717, 1.165) is 31.8 Å². The maximum Gasteiger partial charge on any atom is 0.422 e. The van der Waals surface area contributed by atoms with Crippen molar-refractivity contribution >= 4 is 29.8 Å². The molecule has 0 spiro atoms. The zero-order valence-corrected chi connectivity index (χ0v) is 26.9. The topological polar surface area (TPSA) is 149 Å². The van der Waals surface area contributed by atoms with Gasteiger partial charge in [-0.2, -0.15) is 13.2 Å². The fourth-order valence-corrected chi connectivity index (χ4v) is 6.26. The minimum absolute atomic E-state index is 0.0674. The van der Waals surface area contributed by atoms with Gasteiger partial charge < -0.3 is 34.7 Å². The molecular formula is C36H37F3N2O9. The molecule has 2 aromatic rings. The summed E-state index contributed by atoms with van der Waals surface area (Å²) >= 11 is 0. The van der Waals surface area contributed by atoms with Gasteiger partial charge in [0, 0.05) is 48.6 Å². The van der Waals surface area contributed by atoms with Crippen molar-refractivity contribution < 1.29 is 56.4 Å². The van der Waals surface area contributed by atoms with Crippen molar-refractivity contribution in [2.45, 2.75) is 68.9 Å². The van der Waals surface area contributed by atoms with Crippen LogP contribution >= 0.6 is 0 Å². The van der Waals surface area contributed by atoms with E-state index >= 15 is 0 Å². The molecule has 3 atom stereocenters. The predicted molar refractivity (Wildman–Crippen MR) is 170 cm³/mol. The minimum atomic E-state index is -4.63. The molecule has 1 aliphatic heterocycles. The summed E-state index contributed by atoms with van der Waals surface area (Å²) in [6.45, 7) is -1.63. The smallest absolute Gasteiger partial charge is 0.422 e. The normalized spacial score (nSPS) is 22.7. The lowest BCUT2D eigenvalue weighted by molar-refractivity contribution is -0.209. The molecule has 2 saturated carbocycles. The lowest BCUT2D eigenvalue weighted by atomic mass is 9.91. The summed E-state index contributed by atoms with van der Waals surface area (Å²) < 4.78 is 60.2. The molecule has 0 aromatic heterocycles. The van der Waals surface area contributed by atoms with Gasteiger partial charge in [-0.1, -0.05) is 24.3 Å². The van der Waals surface area contributed by atoms with Gasteiger partial charge in [0.15, 0.2) is 12.4 Å². The second kappa shape index (κ2) is 14.8. The third kappa shape index (κ3) is 8.60.